The maximum atomic E-state index is 13.4. The van der Waals surface area contributed by atoms with Crippen molar-refractivity contribution in [2.75, 3.05) is 26.2 Å². The molecular weight excluding hydrogens is 428 g/mol. The summed E-state index contributed by atoms with van der Waals surface area (Å²) >= 11 is 0. The molecule has 0 aromatic heterocycles. The van der Waals surface area contributed by atoms with Crippen molar-refractivity contribution in [3.05, 3.63) is 0 Å². The van der Waals surface area contributed by atoms with Gasteiger partial charge in [-0.1, -0.05) is 0 Å². The van der Waals surface area contributed by atoms with Crippen LogP contribution in [-0.4, -0.2) is 94.7 Å². The second kappa shape index (κ2) is 10.1. The third-order valence-electron chi connectivity index (χ3n) is 7.31. The summed E-state index contributed by atoms with van der Waals surface area (Å²) < 4.78 is 5.35. The van der Waals surface area contributed by atoms with Crippen molar-refractivity contribution < 1.29 is 28.7 Å². The number of nitrogens with one attached hydrogen (secondary N) is 1. The highest BCUT2D eigenvalue weighted by molar-refractivity contribution is 5.92. The molecule has 0 radical (unpaired) electrons. The number of carbonyl (C=O) groups is 5. The summed E-state index contributed by atoms with van der Waals surface area (Å²) in [5, 5.41) is 2.77. The van der Waals surface area contributed by atoms with E-state index in [9.17, 15) is 24.0 Å². The van der Waals surface area contributed by atoms with Gasteiger partial charge in [-0.3, -0.25) is 19.2 Å². The van der Waals surface area contributed by atoms with Gasteiger partial charge >= 0.3 is 5.97 Å². The molecule has 4 atom stereocenters. The van der Waals surface area contributed by atoms with Crippen molar-refractivity contribution in [3.63, 3.8) is 0 Å². The number of hydrogen-bond acceptors (Lipinski definition) is 6. The van der Waals surface area contributed by atoms with Gasteiger partial charge in [0.1, 0.15) is 24.7 Å². The number of esters is 1. The summed E-state index contributed by atoms with van der Waals surface area (Å²) in [7, 11) is 0. The number of nitrogens with zero attached hydrogens (tertiary/aromatic N) is 3. The van der Waals surface area contributed by atoms with E-state index >= 15 is 0 Å². The van der Waals surface area contributed by atoms with E-state index in [4.69, 9.17) is 4.74 Å². The van der Waals surface area contributed by atoms with Crippen LogP contribution >= 0.6 is 0 Å². The van der Waals surface area contributed by atoms with Crippen LogP contribution in [0, 0.1) is 0 Å². The predicted octanol–water partition coefficient (Wildman–Crippen LogP) is 0.191. The molecule has 10 heteroatoms. The smallest absolute Gasteiger partial charge is 0.328 e. The number of amides is 4. The number of hydrogen-bond donors (Lipinski definition) is 1. The van der Waals surface area contributed by atoms with Gasteiger partial charge in [0.05, 0.1) is 6.42 Å². The average molecular weight is 463 g/mol. The zero-order valence-corrected chi connectivity index (χ0v) is 19.3. The maximum absolute atomic E-state index is 13.4. The highest BCUT2D eigenvalue weighted by atomic mass is 16.5. The molecule has 0 aromatic rings. The van der Waals surface area contributed by atoms with Crippen LogP contribution in [0.15, 0.2) is 0 Å². The van der Waals surface area contributed by atoms with Crippen LogP contribution in [0.5, 0.6) is 0 Å². The summed E-state index contributed by atoms with van der Waals surface area (Å²) in [6.45, 7) is 3.04. The van der Waals surface area contributed by atoms with E-state index in [0.29, 0.717) is 38.9 Å². The Morgan fingerprint density at radius 1 is 0.788 bits per heavy atom. The average Bonchev–Trinajstić information content (AvgIpc) is 3.47. The molecule has 0 spiro atoms. The van der Waals surface area contributed by atoms with Crippen molar-refractivity contribution in [2.24, 2.45) is 0 Å². The number of carbonyl (C=O) groups excluding carboxylic acids is 5. The maximum Gasteiger partial charge on any atom is 0.328 e. The lowest BCUT2D eigenvalue weighted by Gasteiger charge is -2.38. The summed E-state index contributed by atoms with van der Waals surface area (Å²) in [6, 6.07) is -2.25. The molecule has 0 bridgehead atoms. The summed E-state index contributed by atoms with van der Waals surface area (Å²) in [5.41, 5.74) is 0. The fourth-order valence-electron chi connectivity index (χ4n) is 5.60. The fourth-order valence-corrected chi connectivity index (χ4v) is 5.60. The van der Waals surface area contributed by atoms with Crippen LogP contribution in [0.2, 0.25) is 0 Å². The van der Waals surface area contributed by atoms with E-state index < -0.39 is 24.1 Å². The van der Waals surface area contributed by atoms with Crippen molar-refractivity contribution in [1.29, 1.82) is 0 Å². The largest absolute Gasteiger partial charge is 0.464 e. The van der Waals surface area contributed by atoms with Gasteiger partial charge in [0.15, 0.2) is 0 Å². The third-order valence-corrected chi connectivity index (χ3v) is 7.31. The molecule has 0 aromatic carbocycles. The molecule has 4 amide bonds. The second-order valence-corrected chi connectivity index (χ2v) is 9.53. The van der Waals surface area contributed by atoms with Crippen molar-refractivity contribution in [2.45, 2.75) is 88.9 Å². The molecule has 4 saturated heterocycles. The molecule has 0 saturated carbocycles. The minimum Gasteiger partial charge on any atom is -0.464 e. The van der Waals surface area contributed by atoms with Gasteiger partial charge in [0.2, 0.25) is 23.6 Å². The molecule has 0 aliphatic carbocycles. The van der Waals surface area contributed by atoms with E-state index in [-0.39, 0.29) is 49.1 Å². The van der Waals surface area contributed by atoms with Crippen molar-refractivity contribution in [3.8, 4) is 0 Å². The number of ether oxygens (including phenoxy) is 1. The Morgan fingerprint density at radius 2 is 1.48 bits per heavy atom. The zero-order chi connectivity index (χ0) is 23.5. The van der Waals surface area contributed by atoms with Crippen LogP contribution in [0.4, 0.5) is 0 Å². The molecule has 1 N–H and O–H groups in total. The predicted molar refractivity (Wildman–Crippen MR) is 117 cm³/mol. The standard InChI is InChI=1S/C23H34N4O6/c1-15-21(30)27-12-5-8-18(27)23(32)33-13-9-20(29)26-11-4-7-17(26)22(31)25-10-3-2-6-16(25)14-19(28)24-15/h15-18H,2-14H2,1H3,(H,24,28). The molecule has 4 heterocycles. The van der Waals surface area contributed by atoms with E-state index in [0.717, 1.165) is 25.7 Å². The molecule has 4 aliphatic heterocycles. The Hall–Kier alpha value is -2.65. The summed E-state index contributed by atoms with van der Waals surface area (Å²) in [6.07, 6.45) is 5.17. The van der Waals surface area contributed by atoms with E-state index in [2.05, 4.69) is 5.32 Å². The number of piperidine rings is 1. The lowest BCUT2D eigenvalue weighted by molar-refractivity contribution is -0.155. The third kappa shape index (κ3) is 4.99. The first-order valence-corrected chi connectivity index (χ1v) is 12.2. The van der Waals surface area contributed by atoms with E-state index in [1.165, 1.54) is 4.90 Å². The van der Waals surface area contributed by atoms with Gasteiger partial charge < -0.3 is 24.8 Å². The first-order valence-electron chi connectivity index (χ1n) is 12.2. The second-order valence-electron chi connectivity index (χ2n) is 9.53. The summed E-state index contributed by atoms with van der Waals surface area (Å²) in [4.78, 5) is 69.5. The normalized spacial score (nSPS) is 32.6. The van der Waals surface area contributed by atoms with E-state index in [1.807, 2.05) is 0 Å². The molecule has 4 aliphatic rings. The molecule has 4 unspecified atom stereocenters. The summed E-state index contributed by atoms with van der Waals surface area (Å²) in [5.74, 6) is -1.45. The molecule has 182 valence electrons. The van der Waals surface area contributed by atoms with Gasteiger partial charge in [-0.2, -0.15) is 0 Å². The number of fused-ring (bicyclic) bond motifs is 3. The molecular formula is C23H34N4O6. The first-order chi connectivity index (χ1) is 15.9. The van der Waals surface area contributed by atoms with Crippen molar-refractivity contribution in [1.82, 2.24) is 20.0 Å². The minimum atomic E-state index is -0.777. The van der Waals surface area contributed by atoms with Crippen LogP contribution < -0.4 is 5.32 Å². The molecule has 10 nitrogen and oxygen atoms in total. The van der Waals surface area contributed by atoms with Crippen LogP contribution in [0.1, 0.15) is 64.7 Å². The quantitative estimate of drug-likeness (QED) is 0.514. The van der Waals surface area contributed by atoms with Gasteiger partial charge in [0.25, 0.3) is 0 Å². The molecule has 4 fully saturated rings. The van der Waals surface area contributed by atoms with Gasteiger partial charge in [-0.05, 0) is 51.9 Å². The molecule has 33 heavy (non-hydrogen) atoms. The SMILES string of the molecule is CC1NC(=O)CC2CCCCN2C(=O)C2CCCN2C(=O)CCOC(=O)C2CCCN2C1=O. The Labute approximate surface area is 193 Å². The van der Waals surface area contributed by atoms with Crippen molar-refractivity contribution >= 4 is 29.6 Å². The Balaban J connectivity index is 1.57. The van der Waals surface area contributed by atoms with Crippen LogP contribution in [-0.2, 0) is 28.7 Å². The zero-order valence-electron chi connectivity index (χ0n) is 19.3. The van der Waals surface area contributed by atoms with Gasteiger partial charge in [-0.15, -0.1) is 0 Å². The minimum absolute atomic E-state index is 0.00998. The number of rotatable bonds is 0. The molecule has 4 rings (SSSR count). The lowest BCUT2D eigenvalue weighted by atomic mass is 9.97. The topological polar surface area (TPSA) is 116 Å². The fraction of sp³-hybridized carbons (Fsp3) is 0.783. The van der Waals surface area contributed by atoms with E-state index in [1.54, 1.807) is 16.7 Å². The Bertz CT molecular complexity index is 817. The highest BCUT2D eigenvalue weighted by Crippen LogP contribution is 2.27. The number of cyclic esters (lactones) is 1. The Morgan fingerprint density at radius 3 is 2.27 bits per heavy atom. The van der Waals surface area contributed by atoms with Gasteiger partial charge in [-0.25, -0.2) is 4.79 Å². The van der Waals surface area contributed by atoms with Crippen LogP contribution in [0.3, 0.4) is 0 Å². The highest BCUT2D eigenvalue weighted by Gasteiger charge is 2.41. The van der Waals surface area contributed by atoms with Crippen LogP contribution in [0.25, 0.3) is 0 Å². The lowest BCUT2D eigenvalue weighted by Crippen LogP contribution is -2.54. The van der Waals surface area contributed by atoms with Gasteiger partial charge in [0, 0.05) is 32.1 Å². The monoisotopic (exact) mass is 462 g/mol. The first kappa shape index (κ1) is 23.5. The Kier molecular flexibility index (Phi) is 7.19.